The van der Waals surface area contributed by atoms with Gasteiger partial charge in [0.1, 0.15) is 0 Å². The fourth-order valence-electron chi connectivity index (χ4n) is 4.58. The number of fused-ring (bicyclic) bond motifs is 1. The summed E-state index contributed by atoms with van der Waals surface area (Å²) in [6, 6.07) is 22.3. The lowest BCUT2D eigenvalue weighted by Crippen LogP contribution is -2.29. The summed E-state index contributed by atoms with van der Waals surface area (Å²) < 4.78 is 0. The van der Waals surface area contributed by atoms with E-state index in [1.54, 1.807) is 35.2 Å². The van der Waals surface area contributed by atoms with Gasteiger partial charge in [-0.1, -0.05) is 30.3 Å². The van der Waals surface area contributed by atoms with Gasteiger partial charge in [-0.15, -0.1) is 11.8 Å². The normalized spacial score (nSPS) is 14.6. The largest absolute Gasteiger partial charge is 0.342 e. The molecule has 6 nitrogen and oxygen atoms in total. The number of rotatable bonds is 6. The molecular formula is C28H27N3O3S. The fraction of sp³-hybridized carbons (Fsp3) is 0.250. The van der Waals surface area contributed by atoms with Crippen molar-refractivity contribution < 1.29 is 14.4 Å². The minimum Gasteiger partial charge on any atom is -0.342 e. The van der Waals surface area contributed by atoms with Crippen molar-refractivity contribution in [2.75, 3.05) is 35.6 Å². The molecule has 2 aliphatic rings. The van der Waals surface area contributed by atoms with Crippen molar-refractivity contribution in [3.8, 4) is 0 Å². The minimum absolute atomic E-state index is 0.0442. The smallest absolute Gasteiger partial charge is 0.258 e. The first-order chi connectivity index (χ1) is 17.1. The van der Waals surface area contributed by atoms with Crippen molar-refractivity contribution >= 4 is 40.9 Å². The van der Waals surface area contributed by atoms with Crippen molar-refractivity contribution in [3.63, 3.8) is 0 Å². The molecular weight excluding hydrogens is 458 g/mol. The van der Waals surface area contributed by atoms with E-state index in [9.17, 15) is 14.4 Å². The van der Waals surface area contributed by atoms with Crippen molar-refractivity contribution in [3.05, 3.63) is 89.5 Å². The number of para-hydroxylation sites is 1. The predicted octanol–water partition coefficient (Wildman–Crippen LogP) is 4.86. The van der Waals surface area contributed by atoms with E-state index in [0.717, 1.165) is 42.9 Å². The molecule has 3 amide bonds. The Hall–Kier alpha value is -3.58. The summed E-state index contributed by atoms with van der Waals surface area (Å²) in [5.74, 6) is 0.149. The molecule has 3 aromatic rings. The van der Waals surface area contributed by atoms with Crippen LogP contribution in [-0.4, -0.2) is 48.0 Å². The molecule has 1 N–H and O–H groups in total. The average Bonchev–Trinajstić information content (AvgIpc) is 3.58. The van der Waals surface area contributed by atoms with Gasteiger partial charge in [0.25, 0.3) is 11.8 Å². The number of likely N-dealkylation sites (tertiary alicyclic amines) is 1. The third-order valence-corrected chi connectivity index (χ3v) is 7.52. The van der Waals surface area contributed by atoms with Crippen molar-refractivity contribution in [2.24, 2.45) is 0 Å². The molecule has 0 saturated carbocycles. The van der Waals surface area contributed by atoms with E-state index in [0.29, 0.717) is 29.1 Å². The molecule has 0 aliphatic carbocycles. The summed E-state index contributed by atoms with van der Waals surface area (Å²) in [6.45, 7) is 2.32. The van der Waals surface area contributed by atoms with Crippen LogP contribution < -0.4 is 10.2 Å². The summed E-state index contributed by atoms with van der Waals surface area (Å²) in [6.07, 6.45) is 2.98. The Morgan fingerprint density at radius 1 is 0.829 bits per heavy atom. The highest BCUT2D eigenvalue weighted by Crippen LogP contribution is 2.29. The second-order valence-corrected chi connectivity index (χ2v) is 9.76. The maximum absolute atomic E-state index is 13.0. The molecule has 35 heavy (non-hydrogen) atoms. The molecule has 178 valence electrons. The predicted molar refractivity (Wildman–Crippen MR) is 139 cm³/mol. The van der Waals surface area contributed by atoms with Gasteiger partial charge in [0, 0.05) is 41.5 Å². The zero-order valence-corrected chi connectivity index (χ0v) is 20.2. The third-order valence-electron chi connectivity index (χ3n) is 6.46. The van der Waals surface area contributed by atoms with Crippen molar-refractivity contribution in [2.45, 2.75) is 24.2 Å². The summed E-state index contributed by atoms with van der Waals surface area (Å²) in [5.41, 5.74) is 3.87. The zero-order valence-electron chi connectivity index (χ0n) is 19.4. The number of nitrogens with zero attached hydrogens (tertiary/aromatic N) is 2. The SMILES string of the molecule is O=C(Nc1ccc(C(=O)N2CCc3ccccc32)cc1)c1ccccc1SCC(=O)N1CCCC1. The lowest BCUT2D eigenvalue weighted by atomic mass is 10.1. The molecule has 5 rings (SSSR count). The summed E-state index contributed by atoms with van der Waals surface area (Å²) in [5, 5.41) is 2.92. The van der Waals surface area contributed by atoms with Gasteiger partial charge < -0.3 is 15.1 Å². The van der Waals surface area contributed by atoms with Crippen LogP contribution in [0.1, 0.15) is 39.1 Å². The Morgan fingerprint density at radius 2 is 1.54 bits per heavy atom. The standard InChI is InChI=1S/C28H27N3O3S/c32-26(30-16-5-6-17-30)19-35-25-10-4-2-8-23(25)27(33)29-22-13-11-21(12-14-22)28(34)31-18-15-20-7-1-3-9-24(20)31/h1-4,7-14H,5-6,15-19H2,(H,29,33). The molecule has 0 spiro atoms. The molecule has 0 aromatic heterocycles. The van der Waals surface area contributed by atoms with Gasteiger partial charge in [0.05, 0.1) is 11.3 Å². The van der Waals surface area contributed by atoms with Crippen LogP contribution in [0.3, 0.4) is 0 Å². The molecule has 1 saturated heterocycles. The Balaban J connectivity index is 1.23. The molecule has 2 heterocycles. The van der Waals surface area contributed by atoms with E-state index in [2.05, 4.69) is 11.4 Å². The summed E-state index contributed by atoms with van der Waals surface area (Å²) in [7, 11) is 0. The highest BCUT2D eigenvalue weighted by Gasteiger charge is 2.25. The molecule has 7 heteroatoms. The first-order valence-electron chi connectivity index (χ1n) is 11.9. The van der Waals surface area contributed by atoms with Gasteiger partial charge in [-0.3, -0.25) is 14.4 Å². The number of hydrogen-bond acceptors (Lipinski definition) is 4. The van der Waals surface area contributed by atoms with E-state index in [1.807, 2.05) is 41.3 Å². The maximum atomic E-state index is 13.0. The average molecular weight is 486 g/mol. The number of carbonyl (C=O) groups is 3. The molecule has 0 atom stereocenters. The first kappa shape index (κ1) is 23.2. The number of amides is 3. The first-order valence-corrected chi connectivity index (χ1v) is 12.9. The van der Waals surface area contributed by atoms with Gasteiger partial charge in [-0.25, -0.2) is 0 Å². The molecule has 0 radical (unpaired) electrons. The van der Waals surface area contributed by atoms with Gasteiger partial charge in [0.2, 0.25) is 5.91 Å². The topological polar surface area (TPSA) is 69.7 Å². The number of nitrogens with one attached hydrogen (secondary N) is 1. The lowest BCUT2D eigenvalue weighted by Gasteiger charge is -2.17. The lowest BCUT2D eigenvalue weighted by molar-refractivity contribution is -0.127. The van der Waals surface area contributed by atoms with Crippen LogP contribution in [0.4, 0.5) is 11.4 Å². The number of thioether (sulfide) groups is 1. The quantitative estimate of drug-likeness (QED) is 0.507. The van der Waals surface area contributed by atoms with Crippen LogP contribution in [0.5, 0.6) is 0 Å². The maximum Gasteiger partial charge on any atom is 0.258 e. The van der Waals surface area contributed by atoms with Gasteiger partial charge in [-0.05, 0) is 67.3 Å². The van der Waals surface area contributed by atoms with Crippen LogP contribution >= 0.6 is 11.8 Å². The molecule has 1 fully saturated rings. The van der Waals surface area contributed by atoms with Gasteiger partial charge in [-0.2, -0.15) is 0 Å². The van der Waals surface area contributed by atoms with Crippen LogP contribution in [0, 0.1) is 0 Å². The molecule has 0 unspecified atom stereocenters. The number of hydrogen-bond donors (Lipinski definition) is 1. The Bertz CT molecular complexity index is 1250. The van der Waals surface area contributed by atoms with Gasteiger partial charge >= 0.3 is 0 Å². The third kappa shape index (κ3) is 5.10. The second kappa shape index (κ2) is 10.4. The summed E-state index contributed by atoms with van der Waals surface area (Å²) in [4.78, 5) is 42.9. The highest BCUT2D eigenvalue weighted by atomic mass is 32.2. The molecule has 0 bridgehead atoms. The second-order valence-electron chi connectivity index (χ2n) is 8.74. The number of benzene rings is 3. The van der Waals surface area contributed by atoms with E-state index in [1.165, 1.54) is 17.3 Å². The van der Waals surface area contributed by atoms with Crippen LogP contribution in [0.15, 0.2) is 77.7 Å². The molecule has 3 aromatic carbocycles. The Morgan fingerprint density at radius 3 is 2.34 bits per heavy atom. The van der Waals surface area contributed by atoms with E-state index in [4.69, 9.17) is 0 Å². The Kier molecular flexibility index (Phi) is 6.86. The van der Waals surface area contributed by atoms with Crippen molar-refractivity contribution in [1.82, 2.24) is 4.90 Å². The van der Waals surface area contributed by atoms with E-state index >= 15 is 0 Å². The van der Waals surface area contributed by atoms with Gasteiger partial charge in [0.15, 0.2) is 0 Å². The fourth-order valence-corrected chi connectivity index (χ4v) is 5.53. The minimum atomic E-state index is -0.241. The van der Waals surface area contributed by atoms with Crippen LogP contribution in [0.2, 0.25) is 0 Å². The monoisotopic (exact) mass is 485 g/mol. The highest BCUT2D eigenvalue weighted by molar-refractivity contribution is 8.00. The van der Waals surface area contributed by atoms with Crippen molar-refractivity contribution in [1.29, 1.82) is 0 Å². The van der Waals surface area contributed by atoms with Crippen LogP contribution in [0.25, 0.3) is 0 Å². The summed E-state index contributed by atoms with van der Waals surface area (Å²) >= 11 is 1.39. The van der Waals surface area contributed by atoms with E-state index < -0.39 is 0 Å². The number of anilines is 2. The zero-order chi connectivity index (χ0) is 24.2. The molecule has 2 aliphatic heterocycles. The Labute approximate surface area is 209 Å². The van der Waals surface area contributed by atoms with Crippen LogP contribution in [-0.2, 0) is 11.2 Å². The van der Waals surface area contributed by atoms with E-state index in [-0.39, 0.29) is 17.7 Å². The number of carbonyl (C=O) groups excluding carboxylic acids is 3.